The third-order valence-electron chi connectivity index (χ3n) is 6.15. The summed E-state index contributed by atoms with van der Waals surface area (Å²) in [6.45, 7) is 5.47. The standard InChI is InChI=1S/C23H46O6S2/c1-5-8-9-13-16-21(30(25,26)6-2)19-20-22(31(27,28)7-3)17-14-11-10-12-15-18-23(24)29-4/h21-22H,5-20H2,1-4H3. The molecule has 0 fully saturated rings. The molecule has 6 nitrogen and oxygen atoms in total. The molecule has 0 aliphatic carbocycles. The first kappa shape index (κ1) is 30.4. The van der Waals surface area contributed by atoms with E-state index in [4.69, 9.17) is 0 Å². The van der Waals surface area contributed by atoms with Gasteiger partial charge in [-0.05, 0) is 32.1 Å². The number of carbonyl (C=O) groups is 1. The van der Waals surface area contributed by atoms with E-state index in [2.05, 4.69) is 11.7 Å². The SMILES string of the molecule is CCCCCCC(CCC(CCCCCCCC(=O)OC)S(=O)(=O)CC)S(=O)(=O)CC. The second-order valence-electron chi connectivity index (χ2n) is 8.46. The van der Waals surface area contributed by atoms with Gasteiger partial charge in [-0.3, -0.25) is 4.79 Å². The molecule has 186 valence electrons. The van der Waals surface area contributed by atoms with Gasteiger partial charge in [-0.1, -0.05) is 72.1 Å². The van der Waals surface area contributed by atoms with E-state index in [0.29, 0.717) is 32.1 Å². The van der Waals surface area contributed by atoms with Gasteiger partial charge < -0.3 is 4.74 Å². The van der Waals surface area contributed by atoms with E-state index in [1.807, 2.05) is 0 Å². The highest BCUT2D eigenvalue weighted by atomic mass is 32.2. The smallest absolute Gasteiger partial charge is 0.305 e. The highest BCUT2D eigenvalue weighted by Gasteiger charge is 2.28. The van der Waals surface area contributed by atoms with Crippen molar-refractivity contribution in [3.05, 3.63) is 0 Å². The minimum Gasteiger partial charge on any atom is -0.469 e. The van der Waals surface area contributed by atoms with E-state index < -0.39 is 30.2 Å². The molecule has 0 aliphatic rings. The Bertz CT molecular complexity index is 670. The number of hydrogen-bond donors (Lipinski definition) is 0. The first-order valence-electron chi connectivity index (χ1n) is 12.1. The lowest BCUT2D eigenvalue weighted by atomic mass is 10.0. The average Bonchev–Trinajstić information content (AvgIpc) is 2.75. The molecule has 0 spiro atoms. The van der Waals surface area contributed by atoms with Crippen LogP contribution >= 0.6 is 0 Å². The molecule has 0 N–H and O–H groups in total. The number of ether oxygens (including phenoxy) is 1. The molecule has 0 aromatic heterocycles. The number of carbonyl (C=O) groups excluding carboxylic acids is 1. The maximum atomic E-state index is 12.6. The van der Waals surface area contributed by atoms with Crippen molar-refractivity contribution in [1.29, 1.82) is 0 Å². The maximum Gasteiger partial charge on any atom is 0.305 e. The van der Waals surface area contributed by atoms with Crippen LogP contribution in [-0.4, -0.2) is 51.9 Å². The van der Waals surface area contributed by atoms with Crippen molar-refractivity contribution in [3.8, 4) is 0 Å². The van der Waals surface area contributed by atoms with E-state index in [0.717, 1.165) is 57.8 Å². The summed E-state index contributed by atoms with van der Waals surface area (Å²) < 4.78 is 54.9. The number of esters is 1. The van der Waals surface area contributed by atoms with Crippen LogP contribution in [0, 0.1) is 0 Å². The predicted octanol–water partition coefficient (Wildman–Crippen LogP) is 5.25. The van der Waals surface area contributed by atoms with Crippen LogP contribution in [0.2, 0.25) is 0 Å². The highest BCUT2D eigenvalue weighted by molar-refractivity contribution is 7.92. The zero-order valence-electron chi connectivity index (χ0n) is 20.2. The van der Waals surface area contributed by atoms with Gasteiger partial charge in [0.05, 0.1) is 17.6 Å². The second-order valence-corrected chi connectivity index (χ2v) is 13.6. The van der Waals surface area contributed by atoms with Gasteiger partial charge in [0.2, 0.25) is 0 Å². The third kappa shape index (κ3) is 13.5. The molecule has 0 rings (SSSR count). The molecule has 0 amide bonds. The molecule has 0 heterocycles. The molecule has 0 saturated carbocycles. The number of sulfone groups is 2. The lowest BCUT2D eigenvalue weighted by Crippen LogP contribution is -2.28. The van der Waals surface area contributed by atoms with Crippen molar-refractivity contribution >= 4 is 25.6 Å². The van der Waals surface area contributed by atoms with E-state index in [9.17, 15) is 21.6 Å². The fraction of sp³-hybridized carbons (Fsp3) is 0.957. The summed E-state index contributed by atoms with van der Waals surface area (Å²) in [5, 5.41) is -0.889. The molecule has 0 aromatic carbocycles. The summed E-state index contributed by atoms with van der Waals surface area (Å²) in [6.07, 6.45) is 11.0. The van der Waals surface area contributed by atoms with Crippen LogP contribution < -0.4 is 0 Å². The van der Waals surface area contributed by atoms with Crippen LogP contribution in [0.15, 0.2) is 0 Å². The molecule has 2 unspecified atom stereocenters. The van der Waals surface area contributed by atoms with E-state index in [1.54, 1.807) is 13.8 Å². The monoisotopic (exact) mass is 482 g/mol. The fourth-order valence-electron chi connectivity index (χ4n) is 3.92. The van der Waals surface area contributed by atoms with Gasteiger partial charge in [0.15, 0.2) is 19.7 Å². The Morgan fingerprint density at radius 3 is 1.48 bits per heavy atom. The maximum absolute atomic E-state index is 12.6. The lowest BCUT2D eigenvalue weighted by Gasteiger charge is -2.21. The number of hydrogen-bond acceptors (Lipinski definition) is 6. The molecule has 8 heteroatoms. The van der Waals surface area contributed by atoms with E-state index >= 15 is 0 Å². The summed E-state index contributed by atoms with van der Waals surface area (Å²) in [6, 6.07) is 0. The summed E-state index contributed by atoms with van der Waals surface area (Å²) in [5.74, 6) is 0.0149. The van der Waals surface area contributed by atoms with Crippen molar-refractivity contribution in [2.45, 2.75) is 121 Å². The van der Waals surface area contributed by atoms with Crippen LogP contribution in [0.25, 0.3) is 0 Å². The van der Waals surface area contributed by atoms with Crippen LogP contribution in [0.1, 0.15) is 111 Å². The first-order valence-corrected chi connectivity index (χ1v) is 15.6. The van der Waals surface area contributed by atoms with Gasteiger partial charge in [-0.2, -0.15) is 0 Å². The molecule has 31 heavy (non-hydrogen) atoms. The van der Waals surface area contributed by atoms with Crippen LogP contribution in [-0.2, 0) is 29.2 Å². The Labute approximate surface area is 191 Å². The van der Waals surface area contributed by atoms with Crippen molar-refractivity contribution in [3.63, 3.8) is 0 Å². The highest BCUT2D eigenvalue weighted by Crippen LogP contribution is 2.24. The van der Waals surface area contributed by atoms with E-state index in [1.165, 1.54) is 7.11 Å². The first-order chi connectivity index (χ1) is 14.6. The molecular weight excluding hydrogens is 436 g/mol. The van der Waals surface area contributed by atoms with Crippen molar-refractivity contribution in [2.75, 3.05) is 18.6 Å². The summed E-state index contributed by atoms with van der Waals surface area (Å²) in [5.41, 5.74) is 0. The molecule has 0 saturated heterocycles. The third-order valence-corrected chi connectivity index (χ3v) is 10.7. The summed E-state index contributed by atoms with van der Waals surface area (Å²) in [7, 11) is -4.99. The number of methoxy groups -OCH3 is 1. The predicted molar refractivity (Wildman–Crippen MR) is 129 cm³/mol. The van der Waals surface area contributed by atoms with Crippen LogP contribution in [0.3, 0.4) is 0 Å². The van der Waals surface area contributed by atoms with Gasteiger partial charge in [0, 0.05) is 17.9 Å². The fourth-order valence-corrected chi connectivity index (χ4v) is 6.91. The van der Waals surface area contributed by atoms with Gasteiger partial charge in [0.1, 0.15) is 0 Å². The Hall–Kier alpha value is -0.630. The Balaban J connectivity index is 4.70. The largest absolute Gasteiger partial charge is 0.469 e. The minimum absolute atomic E-state index is 0.0957. The van der Waals surface area contributed by atoms with Gasteiger partial charge in [-0.25, -0.2) is 16.8 Å². The van der Waals surface area contributed by atoms with E-state index in [-0.39, 0.29) is 17.5 Å². The zero-order chi connectivity index (χ0) is 23.8. The van der Waals surface area contributed by atoms with Crippen molar-refractivity contribution in [2.24, 2.45) is 0 Å². The molecule has 0 radical (unpaired) electrons. The Morgan fingerprint density at radius 1 is 0.645 bits per heavy atom. The van der Waals surface area contributed by atoms with Crippen molar-refractivity contribution in [1.82, 2.24) is 0 Å². The zero-order valence-corrected chi connectivity index (χ0v) is 21.9. The van der Waals surface area contributed by atoms with Crippen LogP contribution in [0.4, 0.5) is 0 Å². The summed E-state index contributed by atoms with van der Waals surface area (Å²) in [4.78, 5) is 11.1. The molecule has 0 bridgehead atoms. The van der Waals surface area contributed by atoms with Gasteiger partial charge in [0.25, 0.3) is 0 Å². The Morgan fingerprint density at radius 2 is 1.06 bits per heavy atom. The number of unbranched alkanes of at least 4 members (excludes halogenated alkanes) is 7. The molecule has 0 aromatic rings. The second kappa shape index (κ2) is 16.9. The van der Waals surface area contributed by atoms with Crippen LogP contribution in [0.5, 0.6) is 0 Å². The normalized spacial score (nSPS) is 14.3. The van der Waals surface area contributed by atoms with Gasteiger partial charge >= 0.3 is 5.97 Å². The molecular formula is C23H46O6S2. The molecule has 0 aliphatic heterocycles. The summed E-state index contributed by atoms with van der Waals surface area (Å²) >= 11 is 0. The quantitative estimate of drug-likeness (QED) is 0.174. The molecule has 2 atom stereocenters. The number of rotatable bonds is 20. The Kier molecular flexibility index (Phi) is 16.6. The average molecular weight is 483 g/mol. The van der Waals surface area contributed by atoms with Gasteiger partial charge in [-0.15, -0.1) is 0 Å². The lowest BCUT2D eigenvalue weighted by molar-refractivity contribution is -0.140. The van der Waals surface area contributed by atoms with Crippen molar-refractivity contribution < 1.29 is 26.4 Å². The topological polar surface area (TPSA) is 94.6 Å². The minimum atomic E-state index is -3.21.